The standard InChI is InChI=1S/C16H11ClF2N2O2S/c1-2-9-5-12(18)14(21-16(9)19)8-24(22,23)15-7-20-13-6-10(17)3-4-11(13)15/h2-7,20H,1,8H2. The Kier molecular flexibility index (Phi) is 4.15. The number of halogens is 3. The molecule has 0 fully saturated rings. The van der Waals surface area contributed by atoms with E-state index in [-0.39, 0.29) is 10.5 Å². The summed E-state index contributed by atoms with van der Waals surface area (Å²) in [6.07, 6.45) is 2.40. The summed E-state index contributed by atoms with van der Waals surface area (Å²) < 4.78 is 52.8. The zero-order valence-corrected chi connectivity index (χ0v) is 13.8. The molecule has 1 aromatic carbocycles. The van der Waals surface area contributed by atoms with Crippen LogP contribution in [0.2, 0.25) is 5.02 Å². The lowest BCUT2D eigenvalue weighted by Crippen LogP contribution is -2.09. The molecule has 1 N–H and O–H groups in total. The van der Waals surface area contributed by atoms with Crippen molar-refractivity contribution in [3.8, 4) is 0 Å². The van der Waals surface area contributed by atoms with Gasteiger partial charge in [0.25, 0.3) is 0 Å². The van der Waals surface area contributed by atoms with Gasteiger partial charge in [0.05, 0.1) is 10.6 Å². The third kappa shape index (κ3) is 2.92. The second kappa shape index (κ2) is 5.99. The molecular formula is C16H11ClF2N2O2S. The molecule has 24 heavy (non-hydrogen) atoms. The number of hydrogen-bond donors (Lipinski definition) is 1. The third-order valence-corrected chi connectivity index (χ3v) is 5.41. The Morgan fingerprint density at radius 2 is 2.04 bits per heavy atom. The van der Waals surface area contributed by atoms with Crippen LogP contribution in [0.1, 0.15) is 11.3 Å². The average Bonchev–Trinajstić information content (AvgIpc) is 2.94. The van der Waals surface area contributed by atoms with Crippen LogP contribution in [0, 0.1) is 11.8 Å². The molecule has 0 unspecified atom stereocenters. The summed E-state index contributed by atoms with van der Waals surface area (Å²) >= 11 is 5.86. The molecule has 0 bridgehead atoms. The van der Waals surface area contributed by atoms with Crippen LogP contribution in [0.15, 0.2) is 41.9 Å². The van der Waals surface area contributed by atoms with E-state index in [2.05, 4.69) is 16.5 Å². The van der Waals surface area contributed by atoms with E-state index in [9.17, 15) is 17.2 Å². The highest BCUT2D eigenvalue weighted by Gasteiger charge is 2.23. The van der Waals surface area contributed by atoms with Gasteiger partial charge in [-0.05, 0) is 18.2 Å². The Morgan fingerprint density at radius 3 is 2.75 bits per heavy atom. The number of aromatic amines is 1. The number of hydrogen-bond acceptors (Lipinski definition) is 3. The summed E-state index contributed by atoms with van der Waals surface area (Å²) in [4.78, 5) is 6.18. The Morgan fingerprint density at radius 1 is 1.29 bits per heavy atom. The van der Waals surface area contributed by atoms with E-state index in [0.717, 1.165) is 12.1 Å². The Bertz CT molecular complexity index is 1060. The summed E-state index contributed by atoms with van der Waals surface area (Å²) in [5.41, 5.74) is -0.0838. The van der Waals surface area contributed by atoms with Crippen LogP contribution in [0.3, 0.4) is 0 Å². The van der Waals surface area contributed by atoms with Crippen molar-refractivity contribution in [1.82, 2.24) is 9.97 Å². The molecule has 0 aliphatic heterocycles. The van der Waals surface area contributed by atoms with Crippen molar-refractivity contribution in [3.63, 3.8) is 0 Å². The van der Waals surface area contributed by atoms with Crippen LogP contribution in [0.4, 0.5) is 8.78 Å². The van der Waals surface area contributed by atoms with E-state index < -0.39 is 33.0 Å². The SMILES string of the molecule is C=Cc1cc(F)c(CS(=O)(=O)c2c[nH]c3cc(Cl)ccc23)nc1F. The van der Waals surface area contributed by atoms with E-state index in [0.29, 0.717) is 15.9 Å². The first-order valence-electron chi connectivity index (χ1n) is 6.78. The first-order chi connectivity index (χ1) is 11.3. The molecule has 2 aromatic heterocycles. The molecule has 3 aromatic rings. The van der Waals surface area contributed by atoms with Crippen LogP contribution in [0.5, 0.6) is 0 Å². The van der Waals surface area contributed by atoms with E-state index in [4.69, 9.17) is 11.6 Å². The van der Waals surface area contributed by atoms with Gasteiger partial charge in [-0.25, -0.2) is 17.8 Å². The number of nitrogens with zero attached hydrogens (tertiary/aromatic N) is 1. The Balaban J connectivity index is 2.05. The highest BCUT2D eigenvalue weighted by Crippen LogP contribution is 2.28. The molecule has 0 saturated heterocycles. The zero-order chi connectivity index (χ0) is 17.5. The molecule has 124 valence electrons. The number of nitrogens with one attached hydrogen (secondary N) is 1. The quantitative estimate of drug-likeness (QED) is 0.705. The van der Waals surface area contributed by atoms with Crippen molar-refractivity contribution in [3.05, 3.63) is 65.1 Å². The zero-order valence-electron chi connectivity index (χ0n) is 12.2. The van der Waals surface area contributed by atoms with Gasteiger partial charge in [-0.3, -0.25) is 0 Å². The fourth-order valence-corrected chi connectivity index (χ4v) is 3.99. The predicted molar refractivity (Wildman–Crippen MR) is 88.4 cm³/mol. The predicted octanol–water partition coefficient (Wildman–Crippen LogP) is 4.11. The maximum atomic E-state index is 14.0. The lowest BCUT2D eigenvalue weighted by Gasteiger charge is -2.06. The van der Waals surface area contributed by atoms with Crippen molar-refractivity contribution in [2.75, 3.05) is 0 Å². The molecule has 4 nitrogen and oxygen atoms in total. The summed E-state index contributed by atoms with van der Waals surface area (Å²) in [6.45, 7) is 3.34. The van der Waals surface area contributed by atoms with Gasteiger partial charge >= 0.3 is 0 Å². The number of fused-ring (bicyclic) bond motifs is 1. The van der Waals surface area contributed by atoms with Gasteiger partial charge in [0.1, 0.15) is 11.6 Å². The van der Waals surface area contributed by atoms with Crippen LogP contribution in [-0.2, 0) is 15.6 Å². The number of benzene rings is 1. The minimum absolute atomic E-state index is 0.0245. The monoisotopic (exact) mass is 368 g/mol. The van der Waals surface area contributed by atoms with Crippen LogP contribution in [-0.4, -0.2) is 18.4 Å². The molecule has 0 radical (unpaired) electrons. The van der Waals surface area contributed by atoms with Gasteiger partial charge in [-0.1, -0.05) is 30.3 Å². The number of H-pyrrole nitrogens is 1. The fourth-order valence-electron chi connectivity index (χ4n) is 2.35. The second-order valence-electron chi connectivity index (χ2n) is 5.10. The van der Waals surface area contributed by atoms with Gasteiger partial charge in [-0.15, -0.1) is 0 Å². The molecule has 0 aliphatic rings. The van der Waals surface area contributed by atoms with Crippen molar-refractivity contribution in [2.45, 2.75) is 10.6 Å². The minimum Gasteiger partial charge on any atom is -0.360 e. The first-order valence-corrected chi connectivity index (χ1v) is 8.81. The largest absolute Gasteiger partial charge is 0.360 e. The maximum Gasteiger partial charge on any atom is 0.220 e. The van der Waals surface area contributed by atoms with E-state index >= 15 is 0 Å². The van der Waals surface area contributed by atoms with E-state index in [1.165, 1.54) is 6.20 Å². The lowest BCUT2D eigenvalue weighted by atomic mass is 10.2. The highest BCUT2D eigenvalue weighted by atomic mass is 35.5. The molecule has 0 spiro atoms. The van der Waals surface area contributed by atoms with Crippen LogP contribution >= 0.6 is 11.6 Å². The maximum absolute atomic E-state index is 14.0. The van der Waals surface area contributed by atoms with Crippen molar-refractivity contribution in [1.29, 1.82) is 0 Å². The van der Waals surface area contributed by atoms with E-state index in [1.54, 1.807) is 18.2 Å². The summed E-state index contributed by atoms with van der Waals surface area (Å²) in [6, 6.07) is 5.54. The minimum atomic E-state index is -3.94. The fraction of sp³-hybridized carbons (Fsp3) is 0.0625. The van der Waals surface area contributed by atoms with Crippen molar-refractivity contribution >= 4 is 38.4 Å². The molecule has 0 saturated carbocycles. The van der Waals surface area contributed by atoms with Crippen LogP contribution in [0.25, 0.3) is 17.0 Å². The summed E-state index contributed by atoms with van der Waals surface area (Å²) in [5.74, 6) is -2.64. The summed E-state index contributed by atoms with van der Waals surface area (Å²) in [7, 11) is -3.94. The van der Waals surface area contributed by atoms with Gasteiger partial charge < -0.3 is 4.98 Å². The highest BCUT2D eigenvalue weighted by molar-refractivity contribution is 7.90. The molecule has 0 amide bonds. The number of rotatable bonds is 4. The molecule has 3 rings (SSSR count). The molecular weight excluding hydrogens is 358 g/mol. The first kappa shape index (κ1) is 16.6. The van der Waals surface area contributed by atoms with Crippen LogP contribution < -0.4 is 0 Å². The average molecular weight is 369 g/mol. The Labute approximate surface area is 141 Å². The Hall–Kier alpha value is -2.25. The van der Waals surface area contributed by atoms with E-state index in [1.807, 2.05) is 0 Å². The van der Waals surface area contributed by atoms with Gasteiger partial charge in [-0.2, -0.15) is 4.39 Å². The van der Waals surface area contributed by atoms with Crippen molar-refractivity contribution in [2.24, 2.45) is 0 Å². The lowest BCUT2D eigenvalue weighted by molar-refractivity contribution is 0.542. The number of aromatic nitrogens is 2. The van der Waals surface area contributed by atoms with Crippen molar-refractivity contribution < 1.29 is 17.2 Å². The smallest absolute Gasteiger partial charge is 0.220 e. The van der Waals surface area contributed by atoms with Gasteiger partial charge in [0.15, 0.2) is 9.84 Å². The number of sulfone groups is 1. The molecule has 0 aliphatic carbocycles. The van der Waals surface area contributed by atoms with Gasteiger partial charge in [0.2, 0.25) is 5.95 Å². The topological polar surface area (TPSA) is 62.8 Å². The molecule has 8 heteroatoms. The molecule has 2 heterocycles. The summed E-state index contributed by atoms with van der Waals surface area (Å²) in [5, 5.41) is 0.867. The normalized spacial score (nSPS) is 11.8. The number of pyridine rings is 1. The molecule has 0 atom stereocenters. The third-order valence-electron chi connectivity index (χ3n) is 3.52. The second-order valence-corrected chi connectivity index (χ2v) is 7.50. The van der Waals surface area contributed by atoms with Gasteiger partial charge in [0, 0.05) is 27.7 Å².